The molecule has 1 aromatic rings. The third kappa shape index (κ3) is 3.75. The van der Waals surface area contributed by atoms with Crippen LogP contribution in [0.4, 0.5) is 4.39 Å². The fraction of sp³-hybridized carbons (Fsp3) is 0.533. The number of benzene rings is 1. The number of rotatable bonds is 4. The maximum Gasteiger partial charge on any atom is 0.123 e. The fourth-order valence-corrected chi connectivity index (χ4v) is 2.98. The van der Waals surface area contributed by atoms with Crippen LogP contribution in [-0.2, 0) is 6.54 Å². The average Bonchev–Trinajstić information content (AvgIpc) is 2.65. The number of nitrogens with zero attached hydrogens (tertiary/aromatic N) is 1. The van der Waals surface area contributed by atoms with E-state index in [1.165, 1.54) is 18.6 Å². The summed E-state index contributed by atoms with van der Waals surface area (Å²) in [6.45, 7) is 1.75. The highest BCUT2D eigenvalue weighted by molar-refractivity contribution is 7.80. The number of thiocarbonyl (C=S) groups is 1. The van der Waals surface area contributed by atoms with Crippen LogP contribution in [0.15, 0.2) is 18.2 Å². The Hall–Kier alpha value is -1.04. The van der Waals surface area contributed by atoms with Crippen molar-refractivity contribution in [3.8, 4) is 0 Å². The van der Waals surface area contributed by atoms with Gasteiger partial charge in [-0.25, -0.2) is 4.39 Å². The second-order valence-corrected chi connectivity index (χ2v) is 5.76. The predicted molar refractivity (Wildman–Crippen MR) is 82.0 cm³/mol. The molecule has 0 aliphatic carbocycles. The number of hydrogen-bond acceptors (Lipinski definition) is 3. The van der Waals surface area contributed by atoms with E-state index in [-0.39, 0.29) is 23.5 Å². The Labute approximate surface area is 124 Å². The van der Waals surface area contributed by atoms with Crippen molar-refractivity contribution in [3.05, 3.63) is 35.1 Å². The molecule has 1 unspecified atom stereocenters. The summed E-state index contributed by atoms with van der Waals surface area (Å²) < 4.78 is 13.3. The summed E-state index contributed by atoms with van der Waals surface area (Å²) in [7, 11) is 0. The number of aliphatic hydroxyl groups is 1. The maximum absolute atomic E-state index is 13.3. The molecule has 0 saturated carbocycles. The van der Waals surface area contributed by atoms with Crippen molar-refractivity contribution in [2.45, 2.75) is 38.3 Å². The van der Waals surface area contributed by atoms with Gasteiger partial charge in [-0.15, -0.1) is 0 Å². The van der Waals surface area contributed by atoms with Crippen molar-refractivity contribution in [3.63, 3.8) is 0 Å². The minimum absolute atomic E-state index is 0.156. The van der Waals surface area contributed by atoms with Crippen molar-refractivity contribution >= 4 is 17.2 Å². The van der Waals surface area contributed by atoms with Crippen LogP contribution < -0.4 is 5.73 Å². The van der Waals surface area contributed by atoms with Crippen molar-refractivity contribution < 1.29 is 9.50 Å². The first-order chi connectivity index (χ1) is 9.61. The van der Waals surface area contributed by atoms with Crippen LogP contribution in [0.2, 0.25) is 0 Å². The van der Waals surface area contributed by atoms with Crippen LogP contribution in [0.1, 0.15) is 36.8 Å². The zero-order valence-corrected chi connectivity index (χ0v) is 12.3. The molecule has 1 saturated heterocycles. The lowest BCUT2D eigenvalue weighted by Gasteiger charge is -2.29. The molecule has 0 aromatic heterocycles. The third-order valence-electron chi connectivity index (χ3n) is 3.92. The van der Waals surface area contributed by atoms with Gasteiger partial charge in [-0.2, -0.15) is 0 Å². The maximum atomic E-state index is 13.3. The van der Waals surface area contributed by atoms with E-state index in [4.69, 9.17) is 18.0 Å². The van der Waals surface area contributed by atoms with E-state index >= 15 is 0 Å². The monoisotopic (exact) mass is 296 g/mol. The van der Waals surface area contributed by atoms with Crippen molar-refractivity contribution in [1.82, 2.24) is 4.90 Å². The molecule has 1 fully saturated rings. The first-order valence-corrected chi connectivity index (χ1v) is 7.45. The van der Waals surface area contributed by atoms with E-state index in [0.717, 1.165) is 31.4 Å². The molecule has 5 heteroatoms. The molecular formula is C15H21FN2OS. The van der Waals surface area contributed by atoms with Crippen molar-refractivity contribution in [1.29, 1.82) is 0 Å². The van der Waals surface area contributed by atoms with E-state index in [2.05, 4.69) is 4.90 Å². The lowest BCUT2D eigenvalue weighted by atomic mass is 10.1. The van der Waals surface area contributed by atoms with E-state index in [0.29, 0.717) is 12.1 Å². The zero-order chi connectivity index (χ0) is 14.5. The van der Waals surface area contributed by atoms with Gasteiger partial charge in [0.1, 0.15) is 10.8 Å². The molecule has 1 heterocycles. The summed E-state index contributed by atoms with van der Waals surface area (Å²) in [5.41, 5.74) is 7.21. The molecule has 0 spiro atoms. The molecule has 110 valence electrons. The summed E-state index contributed by atoms with van der Waals surface area (Å²) >= 11 is 5.00. The minimum atomic E-state index is -0.328. The Bertz CT molecular complexity index is 481. The Kier molecular flexibility index (Phi) is 5.46. The van der Waals surface area contributed by atoms with Gasteiger partial charge in [0, 0.05) is 18.2 Å². The summed E-state index contributed by atoms with van der Waals surface area (Å²) in [5, 5.41) is 9.53. The topological polar surface area (TPSA) is 49.5 Å². The van der Waals surface area contributed by atoms with E-state index in [1.807, 2.05) is 0 Å². The Balaban J connectivity index is 2.21. The molecule has 1 atom stereocenters. The summed E-state index contributed by atoms with van der Waals surface area (Å²) in [4.78, 5) is 2.47. The summed E-state index contributed by atoms with van der Waals surface area (Å²) in [6, 6.07) is 4.73. The molecule has 0 bridgehead atoms. The Morgan fingerprint density at radius 3 is 2.90 bits per heavy atom. The molecule has 3 nitrogen and oxygen atoms in total. The quantitative estimate of drug-likeness (QED) is 0.836. The van der Waals surface area contributed by atoms with Crippen LogP contribution in [0.5, 0.6) is 0 Å². The lowest BCUT2D eigenvalue weighted by Crippen LogP contribution is -2.37. The average molecular weight is 296 g/mol. The van der Waals surface area contributed by atoms with E-state index in [9.17, 15) is 9.50 Å². The molecule has 1 aliphatic heterocycles. The van der Waals surface area contributed by atoms with E-state index < -0.39 is 0 Å². The van der Waals surface area contributed by atoms with Gasteiger partial charge in [0.15, 0.2) is 0 Å². The van der Waals surface area contributed by atoms with Crippen LogP contribution in [0, 0.1) is 5.82 Å². The van der Waals surface area contributed by atoms with Crippen LogP contribution in [0.25, 0.3) is 0 Å². The Morgan fingerprint density at radius 1 is 1.40 bits per heavy atom. The fourth-order valence-electron chi connectivity index (χ4n) is 2.79. The number of nitrogens with two attached hydrogens (primary N) is 1. The minimum Gasteiger partial charge on any atom is -0.395 e. The smallest absolute Gasteiger partial charge is 0.123 e. The molecule has 20 heavy (non-hydrogen) atoms. The molecule has 1 aromatic carbocycles. The highest BCUT2D eigenvalue weighted by Gasteiger charge is 2.21. The van der Waals surface area contributed by atoms with Crippen molar-refractivity contribution in [2.75, 3.05) is 13.2 Å². The van der Waals surface area contributed by atoms with Gasteiger partial charge in [0.05, 0.1) is 6.61 Å². The standard InChI is InChI=1S/C15H21FN2OS/c16-12-6-5-11(14(8-12)15(17)20)9-18-7-3-1-2-4-13(18)10-19/h5-6,8,13,19H,1-4,7,9-10H2,(H2,17,20). The second-order valence-electron chi connectivity index (χ2n) is 5.32. The van der Waals surface area contributed by atoms with Crippen LogP contribution in [0.3, 0.4) is 0 Å². The lowest BCUT2D eigenvalue weighted by molar-refractivity contribution is 0.118. The normalized spacial score (nSPS) is 20.6. The highest BCUT2D eigenvalue weighted by atomic mass is 32.1. The van der Waals surface area contributed by atoms with Gasteiger partial charge in [-0.3, -0.25) is 4.90 Å². The molecule has 3 N–H and O–H groups in total. The number of likely N-dealkylation sites (tertiary alicyclic amines) is 1. The third-order valence-corrected chi connectivity index (χ3v) is 4.14. The summed E-state index contributed by atoms with van der Waals surface area (Å²) in [5.74, 6) is -0.328. The Morgan fingerprint density at radius 2 is 2.20 bits per heavy atom. The van der Waals surface area contributed by atoms with Crippen molar-refractivity contribution in [2.24, 2.45) is 5.73 Å². The first kappa shape index (κ1) is 15.4. The number of halogens is 1. The van der Waals surface area contributed by atoms with Gasteiger partial charge >= 0.3 is 0 Å². The largest absolute Gasteiger partial charge is 0.395 e. The number of hydrogen-bond donors (Lipinski definition) is 2. The number of aliphatic hydroxyl groups excluding tert-OH is 1. The molecule has 2 rings (SSSR count). The van der Waals surface area contributed by atoms with Crippen LogP contribution >= 0.6 is 12.2 Å². The molecule has 1 aliphatic rings. The second kappa shape index (κ2) is 7.11. The van der Waals surface area contributed by atoms with Gasteiger partial charge in [-0.1, -0.05) is 31.1 Å². The SMILES string of the molecule is NC(=S)c1cc(F)ccc1CN1CCCCCC1CO. The zero-order valence-electron chi connectivity index (χ0n) is 11.5. The molecular weight excluding hydrogens is 275 g/mol. The molecule has 0 amide bonds. The van der Waals surface area contributed by atoms with Gasteiger partial charge < -0.3 is 10.8 Å². The highest BCUT2D eigenvalue weighted by Crippen LogP contribution is 2.21. The van der Waals surface area contributed by atoms with Gasteiger partial charge in [0.2, 0.25) is 0 Å². The first-order valence-electron chi connectivity index (χ1n) is 7.05. The molecule has 0 radical (unpaired) electrons. The van der Waals surface area contributed by atoms with E-state index in [1.54, 1.807) is 6.07 Å². The van der Waals surface area contributed by atoms with Crippen LogP contribution in [-0.4, -0.2) is 34.2 Å². The predicted octanol–water partition coefficient (Wildman–Crippen LogP) is 2.20. The summed E-state index contributed by atoms with van der Waals surface area (Å²) in [6.07, 6.45) is 4.46. The van der Waals surface area contributed by atoms with Gasteiger partial charge in [-0.05, 0) is 37.1 Å². The van der Waals surface area contributed by atoms with Gasteiger partial charge in [0.25, 0.3) is 0 Å².